The van der Waals surface area contributed by atoms with Gasteiger partial charge in [0.25, 0.3) is 0 Å². The molecule has 18 heavy (non-hydrogen) atoms. The normalized spacial score (nSPS) is 19.5. The Morgan fingerprint density at radius 3 is 2.50 bits per heavy atom. The molecule has 4 nitrogen and oxygen atoms in total. The molecule has 1 rings (SSSR count). The number of hydrogen-bond acceptors (Lipinski definition) is 3. The molecule has 1 unspecified atom stereocenters. The van der Waals surface area contributed by atoms with Crippen molar-refractivity contribution in [3.05, 3.63) is 0 Å². The maximum atomic E-state index is 12.2. The summed E-state index contributed by atoms with van der Waals surface area (Å²) in [6.07, 6.45) is 3.02. The van der Waals surface area contributed by atoms with E-state index in [-0.39, 0.29) is 11.8 Å². The lowest BCUT2D eigenvalue weighted by Crippen LogP contribution is -2.42. The predicted octanol–water partition coefficient (Wildman–Crippen LogP) is 1.10. The number of likely N-dealkylation sites (tertiary alicyclic amines) is 1. The number of nitrogens with two attached hydrogens (primary N) is 1. The van der Waals surface area contributed by atoms with Crippen LogP contribution in [0.25, 0.3) is 0 Å². The molecule has 1 fully saturated rings. The van der Waals surface area contributed by atoms with Crippen LogP contribution in [0.15, 0.2) is 0 Å². The van der Waals surface area contributed by atoms with Crippen molar-refractivity contribution < 1.29 is 4.79 Å². The van der Waals surface area contributed by atoms with Gasteiger partial charge in [-0.15, -0.1) is 0 Å². The minimum absolute atomic E-state index is 0.0731. The van der Waals surface area contributed by atoms with E-state index in [1.807, 2.05) is 18.9 Å². The maximum absolute atomic E-state index is 12.2. The first-order valence-corrected chi connectivity index (χ1v) is 7.09. The van der Waals surface area contributed by atoms with Gasteiger partial charge in [-0.05, 0) is 45.3 Å². The number of nitrogens with zero attached hydrogens (tertiary/aromatic N) is 2. The van der Waals surface area contributed by atoms with E-state index in [0.717, 1.165) is 32.5 Å². The topological polar surface area (TPSA) is 49.6 Å². The van der Waals surface area contributed by atoms with E-state index in [1.165, 1.54) is 0 Å². The van der Waals surface area contributed by atoms with E-state index in [9.17, 15) is 4.79 Å². The lowest BCUT2D eigenvalue weighted by atomic mass is 9.96. The van der Waals surface area contributed by atoms with Crippen LogP contribution in [0.3, 0.4) is 0 Å². The highest BCUT2D eigenvalue weighted by Crippen LogP contribution is 2.18. The van der Waals surface area contributed by atoms with Gasteiger partial charge >= 0.3 is 0 Å². The lowest BCUT2D eigenvalue weighted by molar-refractivity contribution is -0.132. The second-order valence-corrected chi connectivity index (χ2v) is 5.80. The minimum Gasteiger partial charge on any atom is -0.393 e. The molecule has 1 atom stereocenters. The van der Waals surface area contributed by atoms with Gasteiger partial charge in [0.1, 0.15) is 0 Å². The SMILES string of the molecule is CCC(C(=O)N(C)CC1CCN(C)CC1)C(N)=S. The Balaban J connectivity index is 2.46. The summed E-state index contributed by atoms with van der Waals surface area (Å²) in [6, 6.07) is 0. The zero-order valence-corrected chi connectivity index (χ0v) is 12.5. The molecule has 5 heteroatoms. The zero-order valence-electron chi connectivity index (χ0n) is 11.7. The van der Waals surface area contributed by atoms with Gasteiger partial charge in [-0.25, -0.2) is 0 Å². The third kappa shape index (κ3) is 4.21. The highest BCUT2D eigenvalue weighted by molar-refractivity contribution is 7.80. The highest BCUT2D eigenvalue weighted by atomic mass is 32.1. The largest absolute Gasteiger partial charge is 0.393 e. The summed E-state index contributed by atoms with van der Waals surface area (Å²) < 4.78 is 0. The van der Waals surface area contributed by atoms with Crippen LogP contribution in [0.5, 0.6) is 0 Å². The summed E-state index contributed by atoms with van der Waals surface area (Å²) >= 11 is 4.96. The monoisotopic (exact) mass is 271 g/mol. The van der Waals surface area contributed by atoms with Crippen molar-refractivity contribution >= 4 is 23.1 Å². The van der Waals surface area contributed by atoms with Crippen LogP contribution in [-0.4, -0.2) is 54.4 Å². The average molecular weight is 271 g/mol. The molecule has 0 aromatic rings. The fourth-order valence-electron chi connectivity index (χ4n) is 2.49. The molecule has 0 aliphatic carbocycles. The van der Waals surface area contributed by atoms with Gasteiger partial charge in [0, 0.05) is 13.6 Å². The molecule has 1 amide bonds. The molecular weight excluding hydrogens is 246 g/mol. The van der Waals surface area contributed by atoms with Gasteiger partial charge in [-0.2, -0.15) is 0 Å². The van der Waals surface area contributed by atoms with E-state index >= 15 is 0 Å². The summed E-state index contributed by atoms with van der Waals surface area (Å²) in [7, 11) is 4.01. The number of piperidine rings is 1. The molecular formula is C13H25N3OS. The summed E-state index contributed by atoms with van der Waals surface area (Å²) in [5.41, 5.74) is 5.61. The van der Waals surface area contributed by atoms with Gasteiger partial charge < -0.3 is 15.5 Å². The van der Waals surface area contributed by atoms with Crippen molar-refractivity contribution in [2.24, 2.45) is 17.6 Å². The quantitative estimate of drug-likeness (QED) is 0.761. The Morgan fingerprint density at radius 1 is 1.50 bits per heavy atom. The number of amides is 1. The van der Waals surface area contributed by atoms with Crippen molar-refractivity contribution in [1.82, 2.24) is 9.80 Å². The van der Waals surface area contributed by atoms with Crippen molar-refractivity contribution in [3.8, 4) is 0 Å². The van der Waals surface area contributed by atoms with Crippen LogP contribution in [0.2, 0.25) is 0 Å². The van der Waals surface area contributed by atoms with Crippen molar-refractivity contribution in [1.29, 1.82) is 0 Å². The Hall–Kier alpha value is -0.680. The maximum Gasteiger partial charge on any atom is 0.232 e. The van der Waals surface area contributed by atoms with Crippen molar-refractivity contribution in [2.75, 3.05) is 33.7 Å². The van der Waals surface area contributed by atoms with Gasteiger partial charge in [-0.3, -0.25) is 4.79 Å². The van der Waals surface area contributed by atoms with Crippen LogP contribution in [0, 0.1) is 11.8 Å². The van der Waals surface area contributed by atoms with Crippen LogP contribution < -0.4 is 5.73 Å². The smallest absolute Gasteiger partial charge is 0.232 e. The number of thiocarbonyl (C=S) groups is 1. The lowest BCUT2D eigenvalue weighted by Gasteiger charge is -2.32. The third-order valence-corrected chi connectivity index (χ3v) is 4.08. The average Bonchev–Trinajstić information content (AvgIpc) is 2.32. The van der Waals surface area contributed by atoms with E-state index in [1.54, 1.807) is 0 Å². The molecule has 0 bridgehead atoms. The Morgan fingerprint density at radius 2 is 2.06 bits per heavy atom. The second-order valence-electron chi connectivity index (χ2n) is 5.33. The number of hydrogen-bond donors (Lipinski definition) is 1. The molecule has 0 aromatic heterocycles. The van der Waals surface area contributed by atoms with Gasteiger partial charge in [0.2, 0.25) is 5.91 Å². The molecule has 104 valence electrons. The summed E-state index contributed by atoms with van der Waals surface area (Å²) in [6.45, 7) is 5.02. The third-order valence-electron chi connectivity index (χ3n) is 3.80. The fraction of sp³-hybridized carbons (Fsp3) is 0.846. The van der Waals surface area contributed by atoms with E-state index in [0.29, 0.717) is 17.3 Å². The van der Waals surface area contributed by atoms with E-state index < -0.39 is 0 Å². The first kappa shape index (κ1) is 15.4. The second kappa shape index (κ2) is 7.04. The Labute approximate surface area is 115 Å². The molecule has 0 radical (unpaired) electrons. The van der Waals surface area contributed by atoms with Crippen LogP contribution >= 0.6 is 12.2 Å². The van der Waals surface area contributed by atoms with Crippen molar-refractivity contribution in [3.63, 3.8) is 0 Å². The van der Waals surface area contributed by atoms with Gasteiger partial charge in [0.05, 0.1) is 10.9 Å². The van der Waals surface area contributed by atoms with Gasteiger partial charge in [-0.1, -0.05) is 19.1 Å². The predicted molar refractivity (Wildman–Crippen MR) is 78.4 cm³/mol. The molecule has 0 spiro atoms. The molecule has 1 heterocycles. The molecule has 1 aliphatic rings. The molecule has 0 aromatic carbocycles. The zero-order chi connectivity index (χ0) is 13.7. The van der Waals surface area contributed by atoms with Crippen LogP contribution in [-0.2, 0) is 4.79 Å². The Kier molecular flexibility index (Phi) is 6.02. The van der Waals surface area contributed by atoms with E-state index in [2.05, 4.69) is 11.9 Å². The Bertz CT molecular complexity index is 301. The molecule has 0 saturated carbocycles. The van der Waals surface area contributed by atoms with Crippen LogP contribution in [0.1, 0.15) is 26.2 Å². The van der Waals surface area contributed by atoms with E-state index in [4.69, 9.17) is 18.0 Å². The summed E-state index contributed by atoms with van der Waals surface area (Å²) in [5.74, 6) is 0.388. The first-order valence-electron chi connectivity index (χ1n) is 6.68. The number of carbonyl (C=O) groups is 1. The number of rotatable bonds is 5. The first-order chi connectivity index (χ1) is 8.45. The minimum atomic E-state index is -0.295. The standard InChI is InChI=1S/C13H25N3OS/c1-4-11(12(14)18)13(17)16(3)9-10-5-7-15(2)8-6-10/h10-11H,4-9H2,1-3H3,(H2,14,18). The summed E-state index contributed by atoms with van der Waals surface area (Å²) in [4.78, 5) is 16.7. The van der Waals surface area contributed by atoms with Crippen molar-refractivity contribution in [2.45, 2.75) is 26.2 Å². The molecule has 1 aliphatic heterocycles. The highest BCUT2D eigenvalue weighted by Gasteiger charge is 2.25. The molecule has 1 saturated heterocycles. The van der Waals surface area contributed by atoms with Gasteiger partial charge in [0.15, 0.2) is 0 Å². The number of carbonyl (C=O) groups excluding carboxylic acids is 1. The fourth-order valence-corrected chi connectivity index (χ4v) is 2.75. The van der Waals surface area contributed by atoms with Crippen LogP contribution in [0.4, 0.5) is 0 Å². The molecule has 2 N–H and O–H groups in total. The summed E-state index contributed by atoms with van der Waals surface area (Å²) in [5, 5.41) is 0.